The summed E-state index contributed by atoms with van der Waals surface area (Å²) in [6, 6.07) is 0. The van der Waals surface area contributed by atoms with Crippen molar-refractivity contribution in [3.05, 3.63) is 22.7 Å². The molecule has 2 nitrogen and oxygen atoms in total. The first kappa shape index (κ1) is 19.2. The van der Waals surface area contributed by atoms with Gasteiger partial charge in [-0.05, 0) is 73.1 Å². The molecule has 0 spiro atoms. The smallest absolute Gasteiger partial charge is 0.334 e. The number of hydrogen-bond donors (Lipinski definition) is 0. The number of hydrogen-bond acceptors (Lipinski definition) is 2. The van der Waals surface area contributed by atoms with Gasteiger partial charge in [0.15, 0.2) is 0 Å². The van der Waals surface area contributed by atoms with Gasteiger partial charge in [-0.1, -0.05) is 55.3 Å². The van der Waals surface area contributed by atoms with E-state index >= 15 is 0 Å². The molecule has 0 bridgehead atoms. The fraction of sp³-hybridized carbons (Fsp3) is 0.773. The van der Waals surface area contributed by atoms with Crippen LogP contribution in [0.2, 0.25) is 0 Å². The first-order valence-electron chi connectivity index (χ1n) is 10.1. The minimum atomic E-state index is -0.159. The molecule has 1 heterocycles. The summed E-state index contributed by atoms with van der Waals surface area (Å²) in [4.78, 5) is 14.2. The van der Waals surface area contributed by atoms with Crippen molar-refractivity contribution < 1.29 is 9.53 Å². The second-order valence-electron chi connectivity index (χ2n) is 8.86. The number of fused-ring (bicyclic) bond motifs is 1. The van der Waals surface area contributed by atoms with Crippen molar-refractivity contribution in [1.29, 1.82) is 0 Å². The fourth-order valence-corrected chi connectivity index (χ4v) is 6.78. The van der Waals surface area contributed by atoms with Crippen molar-refractivity contribution in [2.75, 3.05) is 0 Å². The largest absolute Gasteiger partial charge is 0.458 e. The lowest BCUT2D eigenvalue weighted by atomic mass is 9.61. The number of carbonyl (C=O) groups is 1. The molecule has 0 amide bonds. The number of rotatable bonds is 5. The van der Waals surface area contributed by atoms with Gasteiger partial charge in [0.1, 0.15) is 6.10 Å². The Kier molecular flexibility index (Phi) is 5.82. The van der Waals surface area contributed by atoms with Gasteiger partial charge in [0.25, 0.3) is 0 Å². The van der Waals surface area contributed by atoms with Gasteiger partial charge in [-0.2, -0.15) is 0 Å². The lowest BCUT2D eigenvalue weighted by Crippen LogP contribution is -2.37. The molecule has 0 aromatic heterocycles. The highest BCUT2D eigenvalue weighted by Crippen LogP contribution is 2.60. The van der Waals surface area contributed by atoms with E-state index in [1.54, 1.807) is 5.57 Å². The topological polar surface area (TPSA) is 26.3 Å². The molecule has 2 saturated carbocycles. The van der Waals surface area contributed by atoms with E-state index in [1.165, 1.54) is 32.1 Å². The summed E-state index contributed by atoms with van der Waals surface area (Å²) >= 11 is 3.61. The second-order valence-corrected chi connectivity index (χ2v) is 9.31. The fourth-order valence-electron chi connectivity index (χ4n) is 6.23. The lowest BCUT2D eigenvalue weighted by molar-refractivity contribution is -0.140. The monoisotopic (exact) mass is 408 g/mol. The first-order valence-corrected chi connectivity index (χ1v) is 11.0. The molecular weight excluding hydrogens is 376 g/mol. The first-order chi connectivity index (χ1) is 11.9. The lowest BCUT2D eigenvalue weighted by Gasteiger charge is -2.44. The Morgan fingerprint density at radius 1 is 1.44 bits per heavy atom. The van der Waals surface area contributed by atoms with Gasteiger partial charge in [0, 0.05) is 11.5 Å². The average molecular weight is 409 g/mol. The third kappa shape index (κ3) is 3.38. The van der Waals surface area contributed by atoms with Crippen LogP contribution in [0.1, 0.15) is 72.1 Å². The summed E-state index contributed by atoms with van der Waals surface area (Å²) in [6.07, 6.45) is 9.67. The molecule has 25 heavy (non-hydrogen) atoms. The van der Waals surface area contributed by atoms with Gasteiger partial charge in [-0.15, -0.1) is 0 Å². The predicted octanol–water partition coefficient (Wildman–Crippen LogP) is 6.41. The zero-order chi connectivity index (χ0) is 18.2. The van der Waals surface area contributed by atoms with Gasteiger partial charge in [-0.3, -0.25) is 0 Å². The quantitative estimate of drug-likeness (QED) is 0.388. The molecular formula is C22H33BrO2. The Morgan fingerprint density at radius 2 is 2.20 bits per heavy atom. The molecule has 0 aromatic rings. The highest BCUT2D eigenvalue weighted by molar-refractivity contribution is 9.11. The molecule has 3 fully saturated rings. The van der Waals surface area contributed by atoms with E-state index in [4.69, 9.17) is 4.74 Å². The molecule has 0 aromatic carbocycles. The number of carbonyl (C=O) groups excluding carboxylic acids is 1. The van der Waals surface area contributed by atoms with Crippen molar-refractivity contribution in [3.63, 3.8) is 0 Å². The van der Waals surface area contributed by atoms with Crippen LogP contribution in [0.15, 0.2) is 22.7 Å². The van der Waals surface area contributed by atoms with Crippen molar-refractivity contribution >= 4 is 21.9 Å². The second kappa shape index (κ2) is 7.58. The normalized spacial score (nSPS) is 41.0. The number of cyclic esters (lactones) is 1. The standard InChI is InChI=1S/C22H33BrO2/c1-5-7-17-15(3)21(24)25-20(17)12-14(2)18-9-10-19-16(13-23)8-6-11-22(18,19)4/h13-14,17-20H,3,5-12H2,1-2,4H3/b16-13+/t14-,17-,18-,19+,20-,22-/m1/s1. The third-order valence-corrected chi connectivity index (χ3v) is 8.07. The molecule has 3 rings (SSSR count). The Hall–Kier alpha value is -0.570. The van der Waals surface area contributed by atoms with Crippen molar-refractivity contribution in [3.8, 4) is 0 Å². The summed E-state index contributed by atoms with van der Waals surface area (Å²) < 4.78 is 5.72. The van der Waals surface area contributed by atoms with E-state index < -0.39 is 0 Å². The van der Waals surface area contributed by atoms with Crippen LogP contribution in [0, 0.1) is 29.1 Å². The molecule has 2 aliphatic carbocycles. The molecule has 6 atom stereocenters. The van der Waals surface area contributed by atoms with Crippen LogP contribution in [0.25, 0.3) is 0 Å². The van der Waals surface area contributed by atoms with Gasteiger partial charge in [0.2, 0.25) is 0 Å². The third-order valence-electron chi connectivity index (χ3n) is 7.49. The zero-order valence-corrected chi connectivity index (χ0v) is 17.6. The van der Waals surface area contributed by atoms with E-state index in [0.717, 1.165) is 31.1 Å². The molecule has 0 radical (unpaired) electrons. The molecule has 1 saturated heterocycles. The van der Waals surface area contributed by atoms with Gasteiger partial charge in [-0.25, -0.2) is 4.79 Å². The molecule has 1 aliphatic heterocycles. The summed E-state index contributed by atoms with van der Waals surface area (Å²) in [5.41, 5.74) is 2.74. The Balaban J connectivity index is 1.72. The summed E-state index contributed by atoms with van der Waals surface area (Å²) in [7, 11) is 0. The maximum Gasteiger partial charge on any atom is 0.334 e. The van der Waals surface area contributed by atoms with E-state index in [0.29, 0.717) is 16.9 Å². The molecule has 140 valence electrons. The van der Waals surface area contributed by atoms with Crippen LogP contribution in [-0.2, 0) is 9.53 Å². The molecule has 0 unspecified atom stereocenters. The minimum Gasteiger partial charge on any atom is -0.458 e. The Morgan fingerprint density at radius 3 is 2.88 bits per heavy atom. The summed E-state index contributed by atoms with van der Waals surface area (Å²) in [5, 5.41) is 0. The Labute approximate surface area is 161 Å². The van der Waals surface area contributed by atoms with Crippen molar-refractivity contribution in [2.45, 2.75) is 78.2 Å². The molecule has 0 N–H and O–H groups in total. The van der Waals surface area contributed by atoms with Crippen LogP contribution in [0.3, 0.4) is 0 Å². The van der Waals surface area contributed by atoms with Crippen molar-refractivity contribution in [1.82, 2.24) is 0 Å². The van der Waals surface area contributed by atoms with Gasteiger partial charge in [0.05, 0.1) is 0 Å². The Bertz CT molecular complexity index is 566. The van der Waals surface area contributed by atoms with Crippen LogP contribution in [0.5, 0.6) is 0 Å². The number of ether oxygens (including phenoxy) is 1. The van der Waals surface area contributed by atoms with Gasteiger partial charge >= 0.3 is 5.97 Å². The number of halogens is 1. The predicted molar refractivity (Wildman–Crippen MR) is 106 cm³/mol. The number of allylic oxidation sites excluding steroid dienone is 1. The number of esters is 1. The average Bonchev–Trinajstić information content (AvgIpc) is 3.06. The highest BCUT2D eigenvalue weighted by Gasteiger charge is 2.51. The maximum absolute atomic E-state index is 12.0. The van der Waals surface area contributed by atoms with Crippen LogP contribution >= 0.6 is 15.9 Å². The summed E-state index contributed by atoms with van der Waals surface area (Å²) in [6.45, 7) is 11.1. The van der Waals surface area contributed by atoms with Crippen LogP contribution < -0.4 is 0 Å². The van der Waals surface area contributed by atoms with Crippen LogP contribution in [-0.4, -0.2) is 12.1 Å². The van der Waals surface area contributed by atoms with E-state index in [2.05, 4.69) is 48.3 Å². The highest BCUT2D eigenvalue weighted by atomic mass is 79.9. The maximum atomic E-state index is 12.0. The van der Waals surface area contributed by atoms with Crippen LogP contribution in [0.4, 0.5) is 0 Å². The minimum absolute atomic E-state index is 0.0485. The van der Waals surface area contributed by atoms with Gasteiger partial charge < -0.3 is 4.74 Å². The summed E-state index contributed by atoms with van der Waals surface area (Å²) in [5.74, 6) is 2.13. The van der Waals surface area contributed by atoms with E-state index in [-0.39, 0.29) is 18.0 Å². The van der Waals surface area contributed by atoms with Crippen molar-refractivity contribution in [2.24, 2.45) is 29.1 Å². The molecule has 3 heteroatoms. The van der Waals surface area contributed by atoms with E-state index in [9.17, 15) is 4.79 Å². The SMILES string of the molecule is C=C1C(=O)O[C@H](C[C@@H](C)[C@H]2CC[C@H]3/C(=C/Br)CCC[C@]23C)[C@@H]1CCC. The molecule has 3 aliphatic rings. The van der Waals surface area contributed by atoms with E-state index in [1.807, 2.05) is 0 Å². The zero-order valence-electron chi connectivity index (χ0n) is 16.0.